The average Bonchev–Trinajstić information content (AvgIpc) is 2.03. The van der Waals surface area contributed by atoms with Crippen LogP contribution < -0.4 is 5.32 Å². The van der Waals surface area contributed by atoms with Gasteiger partial charge in [-0.25, -0.2) is 0 Å². The molecule has 0 aromatic carbocycles. The van der Waals surface area contributed by atoms with Gasteiger partial charge in [0.1, 0.15) is 0 Å². The molecular formula is C12H23N. The topological polar surface area (TPSA) is 12.0 Å². The van der Waals surface area contributed by atoms with Gasteiger partial charge in [0, 0.05) is 6.04 Å². The summed E-state index contributed by atoms with van der Waals surface area (Å²) in [5.74, 6) is 0. The van der Waals surface area contributed by atoms with Crippen molar-refractivity contribution in [3.63, 3.8) is 0 Å². The lowest BCUT2D eigenvalue weighted by atomic mass is 9.89. The summed E-state index contributed by atoms with van der Waals surface area (Å²) < 4.78 is 0. The summed E-state index contributed by atoms with van der Waals surface area (Å²) in [6, 6.07) is 0.646. The average molecular weight is 181 g/mol. The maximum Gasteiger partial charge on any atom is 0.0276 e. The van der Waals surface area contributed by atoms with E-state index in [0.29, 0.717) is 11.5 Å². The molecule has 1 nitrogen and oxygen atoms in total. The van der Waals surface area contributed by atoms with E-state index in [1.807, 2.05) is 0 Å². The van der Waals surface area contributed by atoms with E-state index in [-0.39, 0.29) is 0 Å². The van der Waals surface area contributed by atoms with Crippen LogP contribution >= 0.6 is 0 Å². The monoisotopic (exact) mass is 181 g/mol. The van der Waals surface area contributed by atoms with Crippen molar-refractivity contribution in [2.45, 2.75) is 53.0 Å². The van der Waals surface area contributed by atoms with Crippen molar-refractivity contribution in [1.29, 1.82) is 0 Å². The molecular weight excluding hydrogens is 158 g/mol. The van der Waals surface area contributed by atoms with Gasteiger partial charge in [0.2, 0.25) is 0 Å². The predicted octanol–water partition coefficient (Wildman–Crippen LogP) is 3.12. The molecule has 13 heavy (non-hydrogen) atoms. The number of piperidine rings is 1. The van der Waals surface area contributed by atoms with Gasteiger partial charge in [-0.1, -0.05) is 38.8 Å². The van der Waals surface area contributed by atoms with Gasteiger partial charge in [0.25, 0.3) is 0 Å². The second-order valence-corrected chi connectivity index (χ2v) is 5.26. The number of nitrogens with one attached hydrogen (secondary N) is 1. The summed E-state index contributed by atoms with van der Waals surface area (Å²) >= 11 is 0. The van der Waals surface area contributed by atoms with E-state index in [4.69, 9.17) is 0 Å². The molecule has 0 radical (unpaired) electrons. The minimum Gasteiger partial charge on any atom is -0.310 e. The second-order valence-electron chi connectivity index (χ2n) is 5.26. The third kappa shape index (κ3) is 3.95. The Morgan fingerprint density at radius 2 is 2.00 bits per heavy atom. The Morgan fingerprint density at radius 1 is 1.31 bits per heavy atom. The Labute approximate surface area is 82.6 Å². The fourth-order valence-corrected chi connectivity index (χ4v) is 2.02. The van der Waals surface area contributed by atoms with Crippen LogP contribution in [0, 0.1) is 5.41 Å². The van der Waals surface area contributed by atoms with E-state index >= 15 is 0 Å². The van der Waals surface area contributed by atoms with E-state index in [2.05, 4.69) is 39.1 Å². The van der Waals surface area contributed by atoms with Gasteiger partial charge >= 0.3 is 0 Å². The number of hydrogen-bond donors (Lipinski definition) is 1. The highest BCUT2D eigenvalue weighted by molar-refractivity contribution is 5.12. The summed E-state index contributed by atoms with van der Waals surface area (Å²) in [4.78, 5) is 0. The Bertz CT molecular complexity index is 180. The smallest absolute Gasteiger partial charge is 0.0276 e. The van der Waals surface area contributed by atoms with Crippen LogP contribution in [0.3, 0.4) is 0 Å². The molecule has 1 N–H and O–H groups in total. The predicted molar refractivity (Wildman–Crippen MR) is 58.9 cm³/mol. The standard InChI is InChI=1S/C12H23N/c1-10(9-12(2,3)4)11-7-5-6-8-13-11/h9,11,13H,5-8H2,1-4H3/b10-9+. The zero-order valence-electron chi connectivity index (χ0n) is 9.48. The molecule has 1 rings (SSSR count). The Hall–Kier alpha value is -0.300. The quantitative estimate of drug-likeness (QED) is 0.613. The first kappa shape index (κ1) is 10.8. The van der Waals surface area contributed by atoms with E-state index in [1.54, 1.807) is 0 Å². The molecule has 0 saturated carbocycles. The first-order valence-corrected chi connectivity index (χ1v) is 5.42. The van der Waals surface area contributed by atoms with Crippen LogP contribution in [0.15, 0.2) is 11.6 Å². The van der Waals surface area contributed by atoms with Crippen LogP contribution in [0.4, 0.5) is 0 Å². The van der Waals surface area contributed by atoms with Gasteiger partial charge in [-0.05, 0) is 31.7 Å². The van der Waals surface area contributed by atoms with Crippen molar-refractivity contribution in [3.8, 4) is 0 Å². The maximum atomic E-state index is 3.57. The van der Waals surface area contributed by atoms with Gasteiger partial charge in [0.05, 0.1) is 0 Å². The molecule has 1 atom stereocenters. The molecule has 1 saturated heterocycles. The number of allylic oxidation sites excluding steroid dienone is 1. The van der Waals surface area contributed by atoms with Crippen molar-refractivity contribution in [2.24, 2.45) is 5.41 Å². The maximum absolute atomic E-state index is 3.57. The first-order chi connectivity index (χ1) is 5.99. The molecule has 1 heteroatoms. The van der Waals surface area contributed by atoms with Crippen molar-refractivity contribution in [2.75, 3.05) is 6.54 Å². The number of hydrogen-bond acceptors (Lipinski definition) is 1. The zero-order valence-corrected chi connectivity index (χ0v) is 9.48. The van der Waals surface area contributed by atoms with E-state index in [9.17, 15) is 0 Å². The molecule has 0 aliphatic carbocycles. The lowest BCUT2D eigenvalue weighted by molar-refractivity contribution is 0.431. The fraction of sp³-hybridized carbons (Fsp3) is 0.833. The van der Waals surface area contributed by atoms with Crippen LogP contribution in [-0.2, 0) is 0 Å². The lowest BCUT2D eigenvalue weighted by Gasteiger charge is -2.26. The summed E-state index contributed by atoms with van der Waals surface area (Å²) in [6.45, 7) is 10.2. The summed E-state index contributed by atoms with van der Waals surface area (Å²) in [5.41, 5.74) is 1.84. The highest BCUT2D eigenvalue weighted by Crippen LogP contribution is 2.22. The van der Waals surface area contributed by atoms with Gasteiger partial charge in [-0.2, -0.15) is 0 Å². The third-order valence-corrected chi connectivity index (χ3v) is 2.52. The summed E-state index contributed by atoms with van der Waals surface area (Å²) in [7, 11) is 0. The Morgan fingerprint density at radius 3 is 2.46 bits per heavy atom. The molecule has 1 aliphatic rings. The second kappa shape index (κ2) is 4.28. The van der Waals surface area contributed by atoms with Gasteiger partial charge in [0.15, 0.2) is 0 Å². The first-order valence-electron chi connectivity index (χ1n) is 5.42. The SMILES string of the molecule is C/C(=C\C(C)(C)C)C1CCCCN1. The van der Waals surface area contributed by atoms with Gasteiger partial charge in [-0.15, -0.1) is 0 Å². The molecule has 1 unspecified atom stereocenters. The minimum absolute atomic E-state index is 0.323. The van der Waals surface area contributed by atoms with E-state index < -0.39 is 0 Å². The van der Waals surface area contributed by atoms with Crippen molar-refractivity contribution >= 4 is 0 Å². The minimum atomic E-state index is 0.323. The van der Waals surface area contributed by atoms with Crippen LogP contribution in [0.2, 0.25) is 0 Å². The van der Waals surface area contributed by atoms with Crippen LogP contribution in [0.1, 0.15) is 47.0 Å². The van der Waals surface area contributed by atoms with Crippen molar-refractivity contribution in [1.82, 2.24) is 5.32 Å². The molecule has 0 amide bonds. The molecule has 0 aromatic rings. The fourth-order valence-electron chi connectivity index (χ4n) is 2.02. The van der Waals surface area contributed by atoms with Crippen LogP contribution in [0.5, 0.6) is 0 Å². The van der Waals surface area contributed by atoms with Crippen molar-refractivity contribution in [3.05, 3.63) is 11.6 Å². The molecule has 0 spiro atoms. The van der Waals surface area contributed by atoms with E-state index in [0.717, 1.165) is 0 Å². The summed E-state index contributed by atoms with van der Waals surface area (Å²) in [6.07, 6.45) is 6.45. The van der Waals surface area contributed by atoms with Crippen molar-refractivity contribution < 1.29 is 0 Å². The number of rotatable bonds is 1. The molecule has 76 valence electrons. The molecule has 1 aliphatic heterocycles. The van der Waals surface area contributed by atoms with Crippen LogP contribution in [0.25, 0.3) is 0 Å². The zero-order chi connectivity index (χ0) is 9.90. The largest absolute Gasteiger partial charge is 0.310 e. The Balaban J connectivity index is 2.54. The Kier molecular flexibility index (Phi) is 3.55. The van der Waals surface area contributed by atoms with E-state index in [1.165, 1.54) is 31.4 Å². The normalized spacial score (nSPS) is 26.2. The molecule has 0 bridgehead atoms. The molecule has 1 heterocycles. The van der Waals surface area contributed by atoms with Gasteiger partial charge < -0.3 is 5.32 Å². The molecule has 0 aromatic heterocycles. The molecule has 1 fully saturated rings. The highest BCUT2D eigenvalue weighted by atomic mass is 14.9. The van der Waals surface area contributed by atoms with Crippen LogP contribution in [-0.4, -0.2) is 12.6 Å². The highest BCUT2D eigenvalue weighted by Gasteiger charge is 2.16. The lowest BCUT2D eigenvalue weighted by Crippen LogP contribution is -2.35. The third-order valence-electron chi connectivity index (χ3n) is 2.52. The summed E-state index contributed by atoms with van der Waals surface area (Å²) in [5, 5.41) is 3.57. The van der Waals surface area contributed by atoms with Gasteiger partial charge in [-0.3, -0.25) is 0 Å².